The van der Waals surface area contributed by atoms with Gasteiger partial charge in [-0.3, -0.25) is 9.59 Å². The summed E-state index contributed by atoms with van der Waals surface area (Å²) in [4.78, 5) is 21.8. The molecule has 0 aromatic heterocycles. The van der Waals surface area contributed by atoms with Gasteiger partial charge in [-0.25, -0.2) is 0 Å². The standard InChI is InChI=1S/C25H22F3NO6/c26-25(27,28)34-19-8-6-17(7-9-19)12-23(29-18-4-2-1-3-5-18)24-11-10-22(35-24)20(13-32-15-30)21(24)14-33-16-31/h1-11,15-16,22-23,29H,12-14H2. The van der Waals surface area contributed by atoms with Crippen LogP contribution in [0.15, 0.2) is 77.9 Å². The summed E-state index contributed by atoms with van der Waals surface area (Å²) in [6.45, 7) is 0.554. The summed E-state index contributed by atoms with van der Waals surface area (Å²) in [6.07, 6.45) is -1.20. The fraction of sp³-hybridized carbons (Fsp3) is 0.280. The van der Waals surface area contributed by atoms with Gasteiger partial charge >= 0.3 is 6.36 Å². The van der Waals surface area contributed by atoms with Gasteiger partial charge in [0.25, 0.3) is 12.9 Å². The molecule has 2 bridgehead atoms. The van der Waals surface area contributed by atoms with Crippen molar-refractivity contribution in [2.45, 2.75) is 30.5 Å². The Balaban J connectivity index is 1.68. The van der Waals surface area contributed by atoms with Crippen LogP contribution in [0.25, 0.3) is 0 Å². The Kier molecular flexibility index (Phi) is 7.11. The number of carbonyl (C=O) groups is 2. The molecule has 184 valence electrons. The van der Waals surface area contributed by atoms with E-state index in [0.717, 1.165) is 11.3 Å². The maximum Gasteiger partial charge on any atom is 0.573 e. The molecule has 1 N–H and O–H groups in total. The van der Waals surface area contributed by atoms with Crippen LogP contribution in [0, 0.1) is 0 Å². The first-order chi connectivity index (χ1) is 16.8. The first-order valence-electron chi connectivity index (χ1n) is 10.7. The molecule has 10 heteroatoms. The molecule has 0 saturated carbocycles. The van der Waals surface area contributed by atoms with E-state index >= 15 is 0 Å². The van der Waals surface area contributed by atoms with Crippen molar-refractivity contribution in [3.63, 3.8) is 0 Å². The number of para-hydroxylation sites is 1. The van der Waals surface area contributed by atoms with E-state index in [4.69, 9.17) is 14.2 Å². The zero-order valence-corrected chi connectivity index (χ0v) is 18.4. The van der Waals surface area contributed by atoms with Crippen LogP contribution >= 0.6 is 0 Å². The summed E-state index contributed by atoms with van der Waals surface area (Å²) in [5.74, 6) is -0.321. The molecule has 0 amide bonds. The summed E-state index contributed by atoms with van der Waals surface area (Å²) in [6, 6.07) is 14.5. The lowest BCUT2D eigenvalue weighted by atomic mass is 9.79. The maximum absolute atomic E-state index is 12.5. The van der Waals surface area contributed by atoms with E-state index in [0.29, 0.717) is 30.5 Å². The quantitative estimate of drug-likeness (QED) is 0.357. The second kappa shape index (κ2) is 10.2. The first-order valence-corrected chi connectivity index (χ1v) is 10.7. The third-order valence-corrected chi connectivity index (χ3v) is 5.88. The number of alkyl halides is 3. The number of fused-ring (bicyclic) bond motifs is 2. The van der Waals surface area contributed by atoms with Crippen molar-refractivity contribution in [2.24, 2.45) is 0 Å². The number of hydrogen-bond acceptors (Lipinski definition) is 7. The Morgan fingerprint density at radius 3 is 2.34 bits per heavy atom. The van der Waals surface area contributed by atoms with E-state index in [9.17, 15) is 22.8 Å². The third-order valence-electron chi connectivity index (χ3n) is 5.88. The smallest absolute Gasteiger partial charge is 0.463 e. The highest BCUT2D eigenvalue weighted by molar-refractivity contribution is 5.54. The van der Waals surface area contributed by atoms with Crippen LogP contribution in [0.2, 0.25) is 0 Å². The highest BCUT2D eigenvalue weighted by atomic mass is 19.4. The van der Waals surface area contributed by atoms with Gasteiger partial charge in [0.05, 0.1) is 6.04 Å². The van der Waals surface area contributed by atoms with Crippen molar-refractivity contribution >= 4 is 18.6 Å². The van der Waals surface area contributed by atoms with Gasteiger partial charge in [0.2, 0.25) is 0 Å². The van der Waals surface area contributed by atoms with E-state index in [1.165, 1.54) is 12.1 Å². The molecule has 2 aromatic carbocycles. The highest BCUT2D eigenvalue weighted by Gasteiger charge is 2.53. The normalized spacial score (nSPS) is 21.5. The van der Waals surface area contributed by atoms with Gasteiger partial charge < -0.3 is 24.3 Å². The Bertz CT molecular complexity index is 1100. The number of ether oxygens (including phenoxy) is 4. The zero-order chi connectivity index (χ0) is 24.9. The lowest BCUT2D eigenvalue weighted by molar-refractivity contribution is -0.274. The van der Waals surface area contributed by atoms with Gasteiger partial charge in [-0.1, -0.05) is 36.4 Å². The van der Waals surface area contributed by atoms with Gasteiger partial charge in [-0.05, 0) is 42.3 Å². The van der Waals surface area contributed by atoms with Crippen LogP contribution in [0.3, 0.4) is 0 Å². The number of carbonyl (C=O) groups excluding carboxylic acids is 2. The molecule has 0 saturated heterocycles. The van der Waals surface area contributed by atoms with Crippen LogP contribution in [0.5, 0.6) is 5.75 Å². The SMILES string of the molecule is O=COCC1=C(COC=O)C2(C(Cc3ccc(OC(F)(F)F)cc3)Nc3ccccc3)C=CC1O2. The van der Waals surface area contributed by atoms with E-state index in [1.54, 1.807) is 12.1 Å². The number of halogens is 3. The molecule has 0 aliphatic carbocycles. The Labute approximate surface area is 199 Å². The van der Waals surface area contributed by atoms with Crippen molar-refractivity contribution in [1.29, 1.82) is 0 Å². The highest BCUT2D eigenvalue weighted by Crippen LogP contribution is 2.47. The minimum Gasteiger partial charge on any atom is -0.463 e. The molecule has 2 aliphatic heterocycles. The van der Waals surface area contributed by atoms with Crippen LogP contribution in [-0.2, 0) is 30.2 Å². The minimum atomic E-state index is -4.78. The van der Waals surface area contributed by atoms with Gasteiger partial charge in [-0.15, -0.1) is 13.2 Å². The summed E-state index contributed by atoms with van der Waals surface area (Å²) in [7, 11) is 0. The van der Waals surface area contributed by atoms with Gasteiger partial charge in [0.1, 0.15) is 30.7 Å². The lowest BCUT2D eigenvalue weighted by Crippen LogP contribution is -2.48. The molecule has 0 fully saturated rings. The zero-order valence-electron chi connectivity index (χ0n) is 18.4. The fourth-order valence-corrected chi connectivity index (χ4v) is 4.43. The molecule has 35 heavy (non-hydrogen) atoms. The minimum absolute atomic E-state index is 0.0284. The summed E-state index contributed by atoms with van der Waals surface area (Å²) in [5.41, 5.74) is 1.78. The number of anilines is 1. The Morgan fingerprint density at radius 1 is 1.00 bits per heavy atom. The van der Waals surface area contributed by atoms with Crippen molar-refractivity contribution in [3.05, 3.63) is 83.5 Å². The first kappa shape index (κ1) is 24.3. The van der Waals surface area contributed by atoms with Gasteiger partial charge in [0.15, 0.2) is 0 Å². The average molecular weight is 489 g/mol. The number of benzene rings is 2. The van der Waals surface area contributed by atoms with Crippen LogP contribution in [0.4, 0.5) is 18.9 Å². The number of nitrogens with one attached hydrogen (secondary N) is 1. The topological polar surface area (TPSA) is 83.1 Å². The van der Waals surface area contributed by atoms with E-state index in [-0.39, 0.29) is 19.0 Å². The molecule has 2 heterocycles. The maximum atomic E-state index is 12.5. The molecular formula is C25H22F3NO6. The van der Waals surface area contributed by atoms with Crippen LogP contribution < -0.4 is 10.1 Å². The van der Waals surface area contributed by atoms with Crippen molar-refractivity contribution in [3.8, 4) is 5.75 Å². The van der Waals surface area contributed by atoms with Gasteiger partial charge in [-0.2, -0.15) is 0 Å². The van der Waals surface area contributed by atoms with Crippen molar-refractivity contribution < 1.29 is 41.7 Å². The van der Waals surface area contributed by atoms with E-state index < -0.39 is 24.1 Å². The second-order valence-corrected chi connectivity index (χ2v) is 7.97. The second-order valence-electron chi connectivity index (χ2n) is 7.97. The Hall–Kier alpha value is -3.79. The molecular weight excluding hydrogens is 467 g/mol. The molecule has 0 radical (unpaired) electrons. The predicted molar refractivity (Wildman–Crippen MR) is 118 cm³/mol. The van der Waals surface area contributed by atoms with Crippen LogP contribution in [-0.4, -0.2) is 50.3 Å². The molecule has 2 aromatic rings. The molecule has 3 atom stereocenters. The van der Waals surface area contributed by atoms with Crippen LogP contribution in [0.1, 0.15) is 5.56 Å². The molecule has 2 aliphatic rings. The van der Waals surface area contributed by atoms with E-state index in [2.05, 4.69) is 10.1 Å². The predicted octanol–water partition coefficient (Wildman–Crippen LogP) is 3.96. The molecule has 0 spiro atoms. The third kappa shape index (κ3) is 5.48. The van der Waals surface area contributed by atoms with E-state index in [1.807, 2.05) is 42.5 Å². The monoisotopic (exact) mass is 489 g/mol. The summed E-state index contributed by atoms with van der Waals surface area (Å²) >= 11 is 0. The Morgan fingerprint density at radius 2 is 1.69 bits per heavy atom. The van der Waals surface area contributed by atoms with Crippen molar-refractivity contribution in [1.82, 2.24) is 0 Å². The molecule has 4 rings (SSSR count). The lowest BCUT2D eigenvalue weighted by Gasteiger charge is -2.37. The van der Waals surface area contributed by atoms with Gasteiger partial charge in [0, 0.05) is 16.8 Å². The average Bonchev–Trinajstić information content (AvgIpc) is 3.40. The molecule has 3 unspecified atom stereocenters. The largest absolute Gasteiger partial charge is 0.573 e. The fourth-order valence-electron chi connectivity index (χ4n) is 4.43. The number of hydrogen-bond donors (Lipinski definition) is 1. The summed E-state index contributed by atoms with van der Waals surface area (Å²) in [5, 5.41) is 3.45. The number of rotatable bonds is 12. The summed E-state index contributed by atoms with van der Waals surface area (Å²) < 4.78 is 58.0. The van der Waals surface area contributed by atoms with Crippen molar-refractivity contribution in [2.75, 3.05) is 18.5 Å². The molecule has 7 nitrogen and oxygen atoms in total.